The number of amides is 2. The molecule has 6 N–H and O–H groups in total. The number of sulfonamides is 1. The first kappa shape index (κ1) is 23.5. The van der Waals surface area contributed by atoms with E-state index in [1.165, 1.54) is 0 Å². The largest absolute Gasteiger partial charge is 0.366 e. The highest BCUT2D eigenvalue weighted by molar-refractivity contribution is 9.10. The van der Waals surface area contributed by atoms with Crippen molar-refractivity contribution in [2.24, 2.45) is 5.73 Å². The number of nitrogens with zero attached hydrogens (tertiary/aromatic N) is 1. The number of ether oxygens (including phenoxy) is 1. The van der Waals surface area contributed by atoms with Crippen molar-refractivity contribution in [2.45, 2.75) is 23.5 Å². The minimum absolute atomic E-state index is 0.00500. The van der Waals surface area contributed by atoms with Gasteiger partial charge >= 0.3 is 0 Å². The van der Waals surface area contributed by atoms with Crippen LogP contribution in [0.4, 0.5) is 0 Å². The molecule has 2 amide bonds. The normalized spacial score (nSPS) is 25.0. The molecular formula is C18H23BrN4O7S2. The van der Waals surface area contributed by atoms with E-state index in [4.69, 9.17) is 10.5 Å². The summed E-state index contributed by atoms with van der Waals surface area (Å²) < 4.78 is 53.8. The highest BCUT2D eigenvalue weighted by atomic mass is 79.9. The Balaban J connectivity index is 1.59. The Morgan fingerprint density at radius 2 is 2.09 bits per heavy atom. The summed E-state index contributed by atoms with van der Waals surface area (Å²) in [5.41, 5.74) is 5.64. The summed E-state index contributed by atoms with van der Waals surface area (Å²) in [6.07, 6.45) is -0.649. The fourth-order valence-electron chi connectivity index (χ4n) is 3.94. The van der Waals surface area contributed by atoms with E-state index < -0.39 is 44.6 Å². The third-order valence-electron chi connectivity index (χ3n) is 5.49. The van der Waals surface area contributed by atoms with Gasteiger partial charge in [0.1, 0.15) is 16.7 Å². The second-order valence-corrected chi connectivity index (χ2v) is 12.9. The topological polar surface area (TPSA) is 175 Å². The molecule has 0 bridgehead atoms. The fraction of sp³-hybridized carbons (Fsp3) is 0.444. The number of rotatable bonds is 5. The van der Waals surface area contributed by atoms with E-state index >= 15 is 0 Å². The molecule has 14 heteroatoms. The number of hydrogen-bond donors (Lipinski definition) is 5. The molecule has 2 fully saturated rings. The minimum Gasteiger partial charge on any atom is -0.366 e. The van der Waals surface area contributed by atoms with Crippen molar-refractivity contribution in [1.29, 1.82) is 0 Å². The lowest BCUT2D eigenvalue weighted by molar-refractivity contribution is -0.136. The van der Waals surface area contributed by atoms with Gasteiger partial charge in [-0.25, -0.2) is 8.42 Å². The van der Waals surface area contributed by atoms with Gasteiger partial charge in [0.05, 0.1) is 12.4 Å². The summed E-state index contributed by atoms with van der Waals surface area (Å²) in [4.78, 5) is 27.2. The van der Waals surface area contributed by atoms with Crippen LogP contribution >= 0.6 is 26.5 Å². The smallest absolute Gasteiger partial charge is 0.266 e. The van der Waals surface area contributed by atoms with Gasteiger partial charge in [0.15, 0.2) is 0 Å². The van der Waals surface area contributed by atoms with Crippen LogP contribution in [0.2, 0.25) is 0 Å². The van der Waals surface area contributed by atoms with Crippen LogP contribution in [0.1, 0.15) is 16.9 Å². The number of aromatic amines is 1. The second-order valence-electron chi connectivity index (χ2n) is 7.77. The molecule has 0 aliphatic carbocycles. The van der Waals surface area contributed by atoms with Gasteiger partial charge in [-0.2, -0.15) is 14.9 Å². The zero-order chi connectivity index (χ0) is 23.3. The lowest BCUT2D eigenvalue weighted by Crippen LogP contribution is -2.53. The van der Waals surface area contributed by atoms with Crippen LogP contribution in [0, 0.1) is 0 Å². The van der Waals surface area contributed by atoms with Crippen molar-refractivity contribution < 1.29 is 31.8 Å². The minimum atomic E-state index is -4.21. The first-order valence-corrected chi connectivity index (χ1v) is 13.9. The van der Waals surface area contributed by atoms with E-state index in [2.05, 4.69) is 26.2 Å². The van der Waals surface area contributed by atoms with Crippen molar-refractivity contribution in [3.8, 4) is 0 Å². The molecule has 11 nitrogen and oxygen atoms in total. The van der Waals surface area contributed by atoms with E-state index in [0.29, 0.717) is 21.8 Å². The average molecular weight is 551 g/mol. The van der Waals surface area contributed by atoms with Gasteiger partial charge in [-0.1, -0.05) is 15.9 Å². The Morgan fingerprint density at radius 1 is 1.34 bits per heavy atom. The van der Waals surface area contributed by atoms with Gasteiger partial charge in [0.2, 0.25) is 10.0 Å². The standard InChI is InChI=1S/C18H23BrN4O7S2/c19-10-1-2-13-12(7-10)16(15(22-13)17(20)24)32(28,29)23-4-5-30-14(8-23)18(25)21-11-3-6-31(26,27)9-11/h1-2,7,11,14,22,26-27H,3-6,8-9H2,(H2,20,24)(H,21,25). The highest BCUT2D eigenvalue weighted by Gasteiger charge is 2.39. The molecule has 2 atom stereocenters. The van der Waals surface area contributed by atoms with Crippen LogP contribution in [-0.4, -0.2) is 82.0 Å². The summed E-state index contributed by atoms with van der Waals surface area (Å²) in [5, 5.41) is 3.01. The monoisotopic (exact) mass is 550 g/mol. The first-order chi connectivity index (χ1) is 15.0. The predicted molar refractivity (Wildman–Crippen MR) is 122 cm³/mol. The molecule has 2 aliphatic heterocycles. The van der Waals surface area contributed by atoms with Crippen LogP contribution in [0.5, 0.6) is 0 Å². The average Bonchev–Trinajstić information content (AvgIpc) is 3.27. The zero-order valence-corrected chi connectivity index (χ0v) is 20.0. The Hall–Kier alpha value is -1.68. The summed E-state index contributed by atoms with van der Waals surface area (Å²) in [6.45, 7) is -0.278. The van der Waals surface area contributed by atoms with Gasteiger partial charge in [0, 0.05) is 40.3 Å². The fourth-order valence-corrected chi connectivity index (χ4v) is 7.79. The summed E-state index contributed by atoms with van der Waals surface area (Å²) in [7, 11) is -6.89. The number of primary amides is 1. The van der Waals surface area contributed by atoms with Gasteiger partial charge in [0.25, 0.3) is 11.8 Å². The maximum Gasteiger partial charge on any atom is 0.266 e. The third-order valence-corrected chi connectivity index (χ3v) is 9.76. The molecule has 3 heterocycles. The second kappa shape index (κ2) is 8.59. The maximum atomic E-state index is 13.5. The number of morpholine rings is 1. The number of benzene rings is 1. The molecule has 2 aromatic rings. The molecule has 2 unspecified atom stereocenters. The lowest BCUT2D eigenvalue weighted by Gasteiger charge is -2.32. The highest BCUT2D eigenvalue weighted by Crippen LogP contribution is 2.45. The number of halogens is 1. The summed E-state index contributed by atoms with van der Waals surface area (Å²) in [5.74, 6) is -1.15. The van der Waals surface area contributed by atoms with Gasteiger partial charge in [-0.3, -0.25) is 18.7 Å². The van der Waals surface area contributed by atoms with E-state index in [1.54, 1.807) is 18.2 Å². The SMILES string of the molecule is NC(=O)c1[nH]c2ccc(Br)cc2c1S(=O)(=O)N1CCOC(C(=O)NC2CCS(O)(O)C2)C1. The zero-order valence-electron chi connectivity index (χ0n) is 16.8. The van der Waals surface area contributed by atoms with Crippen LogP contribution in [0.3, 0.4) is 0 Å². The molecule has 0 spiro atoms. The number of fused-ring (bicyclic) bond motifs is 1. The van der Waals surface area contributed by atoms with Crippen molar-refractivity contribution in [3.63, 3.8) is 0 Å². The van der Waals surface area contributed by atoms with Crippen LogP contribution in [-0.2, 0) is 19.6 Å². The van der Waals surface area contributed by atoms with E-state index in [1.807, 2.05) is 0 Å². The first-order valence-electron chi connectivity index (χ1n) is 9.75. The number of carbonyl (C=O) groups is 2. The summed E-state index contributed by atoms with van der Waals surface area (Å²) >= 11 is 3.31. The maximum absolute atomic E-state index is 13.5. The number of nitrogens with two attached hydrogens (primary N) is 1. The molecule has 176 valence electrons. The van der Waals surface area contributed by atoms with Crippen LogP contribution < -0.4 is 11.1 Å². The van der Waals surface area contributed by atoms with Gasteiger partial charge in [-0.05, 0) is 24.6 Å². The number of H-pyrrole nitrogens is 1. The Labute approximate surface area is 194 Å². The number of aromatic nitrogens is 1. The van der Waals surface area contributed by atoms with E-state index in [-0.39, 0.29) is 41.8 Å². The lowest BCUT2D eigenvalue weighted by atomic mass is 10.2. The van der Waals surface area contributed by atoms with Crippen molar-refractivity contribution in [1.82, 2.24) is 14.6 Å². The van der Waals surface area contributed by atoms with Crippen molar-refractivity contribution in [3.05, 3.63) is 28.4 Å². The molecule has 32 heavy (non-hydrogen) atoms. The predicted octanol–water partition coefficient (Wildman–Crippen LogP) is 1.06. The number of carbonyl (C=O) groups excluding carboxylic acids is 2. The number of hydrogen-bond acceptors (Lipinski definition) is 7. The summed E-state index contributed by atoms with van der Waals surface area (Å²) in [6, 6.07) is 4.50. The van der Waals surface area contributed by atoms with Crippen LogP contribution in [0.15, 0.2) is 27.6 Å². The Morgan fingerprint density at radius 3 is 2.75 bits per heavy atom. The molecule has 4 rings (SSSR count). The molecular weight excluding hydrogens is 528 g/mol. The van der Waals surface area contributed by atoms with E-state index in [0.717, 1.165) is 4.31 Å². The molecule has 0 saturated carbocycles. The van der Waals surface area contributed by atoms with Gasteiger partial charge < -0.3 is 20.8 Å². The number of nitrogens with one attached hydrogen (secondary N) is 2. The molecule has 1 aromatic heterocycles. The molecule has 2 aliphatic rings. The van der Waals surface area contributed by atoms with Gasteiger partial charge in [-0.15, -0.1) is 0 Å². The Bertz CT molecular complexity index is 1180. The Kier molecular flexibility index (Phi) is 6.30. The van der Waals surface area contributed by atoms with Crippen molar-refractivity contribution >= 4 is 59.3 Å². The van der Waals surface area contributed by atoms with Crippen molar-refractivity contribution in [2.75, 3.05) is 31.2 Å². The van der Waals surface area contributed by atoms with E-state index in [9.17, 15) is 27.1 Å². The molecule has 0 radical (unpaired) electrons. The molecule has 2 saturated heterocycles. The quantitative estimate of drug-likeness (QED) is 0.369. The van der Waals surface area contributed by atoms with Crippen LogP contribution in [0.25, 0.3) is 10.9 Å². The third kappa shape index (κ3) is 4.53. The molecule has 1 aromatic carbocycles.